The zero-order chi connectivity index (χ0) is 22.4. The van der Waals surface area contributed by atoms with Crippen LogP contribution in [0.3, 0.4) is 0 Å². The van der Waals surface area contributed by atoms with Gasteiger partial charge in [-0.2, -0.15) is 0 Å². The number of carbonyl (C=O) groups excluding carboxylic acids is 1. The maximum absolute atomic E-state index is 12.7. The lowest BCUT2D eigenvalue weighted by atomic mass is 10.1. The van der Waals surface area contributed by atoms with Gasteiger partial charge in [-0.3, -0.25) is 4.79 Å². The molecule has 0 aliphatic heterocycles. The van der Waals surface area contributed by atoms with Gasteiger partial charge in [0, 0.05) is 18.5 Å². The van der Waals surface area contributed by atoms with Crippen molar-refractivity contribution in [2.24, 2.45) is 0 Å². The van der Waals surface area contributed by atoms with Gasteiger partial charge in [-0.25, -0.2) is 13.1 Å². The molecule has 2 aromatic carbocycles. The Balaban J connectivity index is 2.05. The molecule has 0 radical (unpaired) electrons. The van der Waals surface area contributed by atoms with E-state index in [9.17, 15) is 13.2 Å². The Hall–Kier alpha value is -2.58. The van der Waals surface area contributed by atoms with Gasteiger partial charge in [-0.1, -0.05) is 30.3 Å². The molecule has 0 atom stereocenters. The van der Waals surface area contributed by atoms with Gasteiger partial charge in [-0.05, 0) is 50.5 Å². The number of hydrogen-bond acceptors (Lipinski definition) is 5. The van der Waals surface area contributed by atoms with Crippen LogP contribution in [-0.2, 0) is 27.8 Å². The van der Waals surface area contributed by atoms with E-state index in [1.807, 2.05) is 12.1 Å². The predicted octanol–water partition coefficient (Wildman–Crippen LogP) is 3.03. The van der Waals surface area contributed by atoms with Crippen molar-refractivity contribution in [2.45, 2.75) is 50.6 Å². The van der Waals surface area contributed by atoms with E-state index in [2.05, 4.69) is 10.0 Å². The predicted molar refractivity (Wildman–Crippen MR) is 116 cm³/mol. The second-order valence-electron chi connectivity index (χ2n) is 7.89. The van der Waals surface area contributed by atoms with E-state index in [0.29, 0.717) is 23.5 Å². The van der Waals surface area contributed by atoms with Crippen molar-refractivity contribution >= 4 is 15.9 Å². The summed E-state index contributed by atoms with van der Waals surface area (Å²) in [4.78, 5) is 12.5. The molecule has 164 valence electrons. The normalized spacial score (nSPS) is 11.8. The first-order chi connectivity index (χ1) is 14.1. The standard InChI is InChI=1S/C22H30N2O5S/c1-22(2,3)24-30(26,27)19-12-7-6-9-17(19)15-23-20(25)14-13-16-10-8-11-18(28-4)21(16)29-5/h6-12,24H,13-15H2,1-5H3,(H,23,25). The molecule has 2 aromatic rings. The summed E-state index contributed by atoms with van der Waals surface area (Å²) in [7, 11) is -0.576. The summed E-state index contributed by atoms with van der Waals surface area (Å²) in [5, 5.41) is 2.81. The van der Waals surface area contributed by atoms with Crippen molar-refractivity contribution in [2.75, 3.05) is 14.2 Å². The SMILES string of the molecule is COc1cccc(CCC(=O)NCc2ccccc2S(=O)(=O)NC(C)(C)C)c1OC. The Morgan fingerprint density at radius 3 is 2.27 bits per heavy atom. The monoisotopic (exact) mass is 434 g/mol. The van der Waals surface area contributed by atoms with Gasteiger partial charge < -0.3 is 14.8 Å². The number of benzene rings is 2. The highest BCUT2D eigenvalue weighted by atomic mass is 32.2. The Morgan fingerprint density at radius 2 is 1.63 bits per heavy atom. The lowest BCUT2D eigenvalue weighted by molar-refractivity contribution is -0.121. The summed E-state index contributed by atoms with van der Waals surface area (Å²) in [6, 6.07) is 12.2. The van der Waals surface area contributed by atoms with Crippen molar-refractivity contribution in [1.82, 2.24) is 10.0 Å². The number of amides is 1. The average Bonchev–Trinajstić information content (AvgIpc) is 2.68. The molecular weight excluding hydrogens is 404 g/mol. The number of methoxy groups -OCH3 is 2. The summed E-state index contributed by atoms with van der Waals surface area (Å²) >= 11 is 0. The van der Waals surface area contributed by atoms with Crippen LogP contribution in [0.1, 0.15) is 38.3 Å². The second kappa shape index (κ2) is 9.95. The Kier molecular flexibility index (Phi) is 7.86. The lowest BCUT2D eigenvalue weighted by Gasteiger charge is -2.21. The van der Waals surface area contributed by atoms with Gasteiger partial charge in [0.05, 0.1) is 19.1 Å². The van der Waals surface area contributed by atoms with Gasteiger partial charge in [-0.15, -0.1) is 0 Å². The number of rotatable bonds is 9. The summed E-state index contributed by atoms with van der Waals surface area (Å²) in [5.74, 6) is 1.04. The molecular formula is C22H30N2O5S. The molecule has 8 heteroatoms. The van der Waals surface area contributed by atoms with Gasteiger partial charge in [0.15, 0.2) is 11.5 Å². The van der Waals surface area contributed by atoms with E-state index in [0.717, 1.165) is 5.56 Å². The minimum atomic E-state index is -3.70. The molecule has 0 heterocycles. The highest BCUT2D eigenvalue weighted by Crippen LogP contribution is 2.31. The molecule has 0 saturated carbocycles. The van der Waals surface area contributed by atoms with E-state index in [4.69, 9.17) is 9.47 Å². The van der Waals surface area contributed by atoms with Crippen LogP contribution in [0, 0.1) is 0 Å². The van der Waals surface area contributed by atoms with Gasteiger partial charge in [0.2, 0.25) is 15.9 Å². The van der Waals surface area contributed by atoms with Crippen LogP contribution in [0.4, 0.5) is 0 Å². The van der Waals surface area contributed by atoms with Crippen molar-refractivity contribution < 1.29 is 22.7 Å². The van der Waals surface area contributed by atoms with Crippen LogP contribution in [0.2, 0.25) is 0 Å². The lowest BCUT2D eigenvalue weighted by Crippen LogP contribution is -2.41. The smallest absolute Gasteiger partial charge is 0.241 e. The molecule has 0 spiro atoms. The minimum absolute atomic E-state index is 0.120. The number of sulfonamides is 1. The number of carbonyl (C=O) groups is 1. The Labute approximate surface area is 178 Å². The molecule has 0 aromatic heterocycles. The fraction of sp³-hybridized carbons (Fsp3) is 0.409. The first-order valence-electron chi connectivity index (χ1n) is 9.66. The average molecular weight is 435 g/mol. The highest BCUT2D eigenvalue weighted by Gasteiger charge is 2.24. The molecule has 0 bridgehead atoms. The third kappa shape index (κ3) is 6.47. The van der Waals surface area contributed by atoms with Gasteiger partial charge >= 0.3 is 0 Å². The zero-order valence-electron chi connectivity index (χ0n) is 18.1. The van der Waals surface area contributed by atoms with Crippen LogP contribution in [-0.4, -0.2) is 34.1 Å². The zero-order valence-corrected chi connectivity index (χ0v) is 18.9. The largest absolute Gasteiger partial charge is 0.493 e. The van der Waals surface area contributed by atoms with Crippen LogP contribution < -0.4 is 19.5 Å². The molecule has 0 aliphatic carbocycles. The Morgan fingerprint density at radius 1 is 0.967 bits per heavy atom. The van der Waals surface area contributed by atoms with E-state index in [1.165, 1.54) is 6.07 Å². The fourth-order valence-electron chi connectivity index (χ4n) is 3.05. The van der Waals surface area contributed by atoms with Crippen LogP contribution in [0.15, 0.2) is 47.4 Å². The molecule has 7 nitrogen and oxygen atoms in total. The van der Waals surface area contributed by atoms with E-state index in [1.54, 1.807) is 59.3 Å². The quantitative estimate of drug-likeness (QED) is 0.633. The summed E-state index contributed by atoms with van der Waals surface area (Å²) in [6.07, 6.45) is 0.705. The van der Waals surface area contributed by atoms with E-state index in [-0.39, 0.29) is 23.8 Å². The molecule has 0 aliphatic rings. The van der Waals surface area contributed by atoms with Crippen molar-refractivity contribution in [1.29, 1.82) is 0 Å². The molecule has 2 rings (SSSR count). The number of ether oxygens (including phenoxy) is 2. The molecule has 1 amide bonds. The first-order valence-corrected chi connectivity index (χ1v) is 11.1. The molecule has 0 saturated heterocycles. The third-order valence-corrected chi connectivity index (χ3v) is 6.14. The highest BCUT2D eigenvalue weighted by molar-refractivity contribution is 7.89. The summed E-state index contributed by atoms with van der Waals surface area (Å²) in [6.45, 7) is 5.46. The summed E-state index contributed by atoms with van der Waals surface area (Å²) in [5.41, 5.74) is 0.788. The number of para-hydroxylation sites is 1. The Bertz CT molecular complexity index is 981. The molecule has 0 unspecified atom stereocenters. The third-order valence-electron chi connectivity index (χ3n) is 4.28. The number of nitrogens with one attached hydrogen (secondary N) is 2. The second-order valence-corrected chi connectivity index (χ2v) is 9.54. The van der Waals surface area contributed by atoms with Crippen LogP contribution >= 0.6 is 0 Å². The van der Waals surface area contributed by atoms with Crippen molar-refractivity contribution in [3.05, 3.63) is 53.6 Å². The van der Waals surface area contributed by atoms with Gasteiger partial charge in [0.25, 0.3) is 0 Å². The molecule has 30 heavy (non-hydrogen) atoms. The number of aryl methyl sites for hydroxylation is 1. The topological polar surface area (TPSA) is 93.7 Å². The van der Waals surface area contributed by atoms with Gasteiger partial charge in [0.1, 0.15) is 0 Å². The first kappa shape index (κ1) is 23.7. The fourth-order valence-corrected chi connectivity index (χ4v) is 4.71. The number of hydrogen-bond donors (Lipinski definition) is 2. The van der Waals surface area contributed by atoms with Crippen molar-refractivity contribution in [3.8, 4) is 11.5 Å². The molecule has 2 N–H and O–H groups in total. The van der Waals surface area contributed by atoms with E-state index >= 15 is 0 Å². The minimum Gasteiger partial charge on any atom is -0.493 e. The molecule has 0 fully saturated rings. The maximum Gasteiger partial charge on any atom is 0.241 e. The van der Waals surface area contributed by atoms with Crippen LogP contribution in [0.5, 0.6) is 11.5 Å². The maximum atomic E-state index is 12.7. The van der Waals surface area contributed by atoms with E-state index < -0.39 is 15.6 Å². The van der Waals surface area contributed by atoms with Crippen molar-refractivity contribution in [3.63, 3.8) is 0 Å². The summed E-state index contributed by atoms with van der Waals surface area (Å²) < 4.78 is 38.7. The van der Waals surface area contributed by atoms with Crippen LogP contribution in [0.25, 0.3) is 0 Å².